The average Bonchev–Trinajstić information content (AvgIpc) is 2.73. The van der Waals surface area contributed by atoms with Crippen molar-refractivity contribution in [3.8, 4) is 11.5 Å². The van der Waals surface area contributed by atoms with E-state index in [1.807, 2.05) is 4.90 Å². The molecule has 1 aromatic carbocycles. The van der Waals surface area contributed by atoms with Gasteiger partial charge in [-0.3, -0.25) is 15.3 Å². The van der Waals surface area contributed by atoms with Gasteiger partial charge in [0.1, 0.15) is 6.42 Å². The summed E-state index contributed by atoms with van der Waals surface area (Å²) >= 11 is 0. The fraction of sp³-hybridized carbons (Fsp3) is 0.526. The maximum absolute atomic E-state index is 13.1. The van der Waals surface area contributed by atoms with E-state index in [2.05, 4.69) is 15.6 Å². The number of nitrogens with one attached hydrogen (secondary N) is 2. The third-order valence-corrected chi connectivity index (χ3v) is 4.91. The first-order valence-corrected chi connectivity index (χ1v) is 9.49. The zero-order chi connectivity index (χ0) is 21.0. The Balaban J connectivity index is 2.05. The summed E-state index contributed by atoms with van der Waals surface area (Å²) in [6, 6.07) is 3.33. The number of nitrogens with two attached hydrogens (primary N) is 1. The number of hydrogen-bond acceptors (Lipinski definition) is 10. The molecule has 0 amide bonds. The molecule has 10 heteroatoms. The van der Waals surface area contributed by atoms with E-state index in [1.165, 1.54) is 14.2 Å². The highest BCUT2D eigenvalue weighted by molar-refractivity contribution is 6.07. The van der Waals surface area contributed by atoms with Crippen molar-refractivity contribution >= 4 is 23.4 Å². The first-order valence-electron chi connectivity index (χ1n) is 9.49. The first-order chi connectivity index (χ1) is 13.9. The molecule has 29 heavy (non-hydrogen) atoms. The number of piperazine rings is 1. The summed E-state index contributed by atoms with van der Waals surface area (Å²) in [5.41, 5.74) is 5.77. The smallest absolute Gasteiger partial charge is 0.313 e. The van der Waals surface area contributed by atoms with E-state index in [0.29, 0.717) is 41.8 Å². The number of rotatable bonds is 6. The van der Waals surface area contributed by atoms with Crippen LogP contribution in [-0.2, 0) is 20.0 Å². The lowest BCUT2D eigenvalue weighted by Crippen LogP contribution is -2.54. The molecule has 2 heterocycles. The van der Waals surface area contributed by atoms with Crippen molar-refractivity contribution in [1.82, 2.24) is 10.2 Å². The zero-order valence-electron chi connectivity index (χ0n) is 16.9. The highest BCUT2D eigenvalue weighted by Gasteiger charge is 2.43. The van der Waals surface area contributed by atoms with Crippen LogP contribution in [0.2, 0.25) is 0 Å². The van der Waals surface area contributed by atoms with Crippen LogP contribution in [0.15, 0.2) is 17.1 Å². The van der Waals surface area contributed by atoms with Crippen molar-refractivity contribution in [3.63, 3.8) is 0 Å². The number of benzene rings is 1. The van der Waals surface area contributed by atoms with Gasteiger partial charge in [0.05, 0.1) is 26.5 Å². The van der Waals surface area contributed by atoms with Gasteiger partial charge in [-0.25, -0.2) is 4.99 Å². The Hall–Kier alpha value is -2.85. The van der Waals surface area contributed by atoms with Crippen LogP contribution < -0.4 is 25.8 Å². The number of hydrogen-bond donors (Lipinski definition) is 3. The number of anilines is 1. The molecule has 1 atom stereocenters. The Bertz CT molecular complexity index is 821. The number of esters is 1. The molecule has 4 N–H and O–H groups in total. The van der Waals surface area contributed by atoms with Gasteiger partial charge in [0.2, 0.25) is 5.96 Å². The third kappa shape index (κ3) is 4.13. The van der Waals surface area contributed by atoms with E-state index in [-0.39, 0.29) is 6.61 Å². The van der Waals surface area contributed by atoms with Crippen LogP contribution in [0.5, 0.6) is 11.5 Å². The Morgan fingerprint density at radius 3 is 2.48 bits per heavy atom. The highest BCUT2D eigenvalue weighted by Crippen LogP contribution is 2.41. The molecule has 0 spiro atoms. The van der Waals surface area contributed by atoms with Gasteiger partial charge in [-0.2, -0.15) is 0 Å². The quantitative estimate of drug-likeness (QED) is 0.443. The van der Waals surface area contributed by atoms with Gasteiger partial charge in [0.15, 0.2) is 22.9 Å². The second kappa shape index (κ2) is 8.66. The number of ketones is 1. The van der Waals surface area contributed by atoms with Gasteiger partial charge in [-0.1, -0.05) is 0 Å². The van der Waals surface area contributed by atoms with Gasteiger partial charge in [0.25, 0.3) is 0 Å². The Morgan fingerprint density at radius 2 is 1.86 bits per heavy atom. The van der Waals surface area contributed by atoms with Crippen LogP contribution in [0.25, 0.3) is 0 Å². The van der Waals surface area contributed by atoms with Crippen molar-refractivity contribution < 1.29 is 23.8 Å². The maximum atomic E-state index is 13.1. The summed E-state index contributed by atoms with van der Waals surface area (Å²) in [7, 11) is 3.02. The molecular formula is C19H27N5O5. The standard InChI is InChI=1S/C19H27N5O5/c1-4-29-17(26)11-16(25)19(20)12-9-14(27-2)15(28-3)10-13(12)22-18(23-19)24-7-5-21-6-8-24/h9-10,21H,4-8,11,20H2,1-3H3,(H,22,23). The molecule has 0 bridgehead atoms. The summed E-state index contributed by atoms with van der Waals surface area (Å²) in [5.74, 6) is 0.180. The number of nitrogens with zero attached hydrogens (tertiary/aromatic N) is 2. The molecule has 0 radical (unpaired) electrons. The van der Waals surface area contributed by atoms with Gasteiger partial charge < -0.3 is 29.7 Å². The van der Waals surface area contributed by atoms with Crippen LogP contribution in [-0.4, -0.2) is 69.6 Å². The van der Waals surface area contributed by atoms with E-state index in [1.54, 1.807) is 19.1 Å². The highest BCUT2D eigenvalue weighted by atomic mass is 16.5. The van der Waals surface area contributed by atoms with Gasteiger partial charge in [-0.05, 0) is 13.0 Å². The fourth-order valence-electron chi connectivity index (χ4n) is 3.39. The van der Waals surface area contributed by atoms with Crippen molar-refractivity contribution in [2.45, 2.75) is 19.0 Å². The minimum atomic E-state index is -1.76. The van der Waals surface area contributed by atoms with Gasteiger partial charge in [0, 0.05) is 37.8 Å². The first kappa shape index (κ1) is 20.9. The van der Waals surface area contributed by atoms with E-state index < -0.39 is 23.8 Å². The van der Waals surface area contributed by atoms with Crippen molar-refractivity contribution in [2.75, 3.05) is 52.3 Å². The number of methoxy groups -OCH3 is 2. The molecule has 1 saturated heterocycles. The Kier molecular flexibility index (Phi) is 6.23. The van der Waals surface area contributed by atoms with Crippen LogP contribution in [0.1, 0.15) is 18.9 Å². The van der Waals surface area contributed by atoms with Crippen LogP contribution in [0.3, 0.4) is 0 Å². The average molecular weight is 405 g/mol. The molecule has 2 aliphatic rings. The van der Waals surface area contributed by atoms with Crippen LogP contribution in [0.4, 0.5) is 5.69 Å². The summed E-state index contributed by atoms with van der Waals surface area (Å²) in [5, 5.41) is 6.52. The predicted molar refractivity (Wildman–Crippen MR) is 107 cm³/mol. The summed E-state index contributed by atoms with van der Waals surface area (Å²) in [4.78, 5) is 31.6. The Morgan fingerprint density at radius 1 is 1.21 bits per heavy atom. The molecule has 1 fully saturated rings. The summed E-state index contributed by atoms with van der Waals surface area (Å²) in [6.07, 6.45) is -0.476. The lowest BCUT2D eigenvalue weighted by atomic mass is 9.91. The second-order valence-electron chi connectivity index (χ2n) is 6.72. The number of aliphatic imine (C=N–C) groups is 1. The van der Waals surface area contributed by atoms with E-state index in [9.17, 15) is 9.59 Å². The molecule has 0 saturated carbocycles. The number of carbonyl (C=O) groups is 2. The summed E-state index contributed by atoms with van der Waals surface area (Å²) in [6.45, 7) is 4.84. The lowest BCUT2D eigenvalue weighted by molar-refractivity contribution is -0.146. The molecule has 0 aliphatic carbocycles. The van der Waals surface area contributed by atoms with E-state index >= 15 is 0 Å². The zero-order valence-corrected chi connectivity index (χ0v) is 16.9. The van der Waals surface area contributed by atoms with Crippen LogP contribution >= 0.6 is 0 Å². The normalized spacial score (nSPS) is 20.8. The monoisotopic (exact) mass is 405 g/mol. The molecule has 158 valence electrons. The topological polar surface area (TPSA) is 128 Å². The van der Waals surface area contributed by atoms with Gasteiger partial charge in [-0.15, -0.1) is 0 Å². The number of ether oxygens (including phenoxy) is 3. The molecule has 3 rings (SSSR count). The largest absolute Gasteiger partial charge is 0.493 e. The molecule has 2 aliphatic heterocycles. The molecule has 0 aromatic heterocycles. The van der Waals surface area contributed by atoms with E-state index in [0.717, 1.165) is 13.1 Å². The van der Waals surface area contributed by atoms with Gasteiger partial charge >= 0.3 is 5.97 Å². The fourth-order valence-corrected chi connectivity index (χ4v) is 3.39. The molecule has 1 unspecified atom stereocenters. The summed E-state index contributed by atoms with van der Waals surface area (Å²) < 4.78 is 15.7. The maximum Gasteiger partial charge on any atom is 0.313 e. The minimum absolute atomic E-state index is 0.183. The van der Waals surface area contributed by atoms with Crippen molar-refractivity contribution in [3.05, 3.63) is 17.7 Å². The second-order valence-corrected chi connectivity index (χ2v) is 6.72. The third-order valence-electron chi connectivity index (χ3n) is 4.91. The molecular weight excluding hydrogens is 378 g/mol. The number of carbonyl (C=O) groups excluding carboxylic acids is 2. The molecule has 10 nitrogen and oxygen atoms in total. The van der Waals surface area contributed by atoms with Crippen LogP contribution in [0, 0.1) is 0 Å². The van der Waals surface area contributed by atoms with E-state index in [4.69, 9.17) is 19.9 Å². The van der Waals surface area contributed by atoms with Crippen molar-refractivity contribution in [2.24, 2.45) is 10.7 Å². The molecule has 1 aromatic rings. The predicted octanol–water partition coefficient (Wildman–Crippen LogP) is 0.0243. The lowest BCUT2D eigenvalue weighted by Gasteiger charge is -2.38. The van der Waals surface area contributed by atoms with Crippen molar-refractivity contribution in [1.29, 1.82) is 0 Å². The number of fused-ring (bicyclic) bond motifs is 1. The number of Topliss-reactive ketones (excluding diaryl/α,β-unsaturated/α-hetero) is 1. The minimum Gasteiger partial charge on any atom is -0.493 e. The Labute approximate surface area is 169 Å². The SMILES string of the molecule is CCOC(=O)CC(=O)C1(N)N=C(N2CCNCC2)Nc2cc(OC)c(OC)cc21. The number of guanidine groups is 1.